The first-order valence-corrected chi connectivity index (χ1v) is 10.7. The topological polar surface area (TPSA) is 110 Å². The van der Waals surface area contributed by atoms with Gasteiger partial charge in [-0.1, -0.05) is 0 Å². The molecule has 0 aliphatic carbocycles. The minimum Gasteiger partial charge on any atom is -0.314 e. The van der Waals surface area contributed by atoms with Gasteiger partial charge >= 0.3 is 11.3 Å². The van der Waals surface area contributed by atoms with Crippen molar-refractivity contribution in [3.63, 3.8) is 0 Å². The van der Waals surface area contributed by atoms with Gasteiger partial charge in [0.2, 0.25) is 9.84 Å². The maximum Gasteiger partial charge on any atom is 0.369 e. The van der Waals surface area contributed by atoms with E-state index < -0.39 is 32.1 Å². The van der Waals surface area contributed by atoms with E-state index in [1.165, 1.54) is 47.5 Å². The van der Waals surface area contributed by atoms with Gasteiger partial charge < -0.3 is 14.6 Å². The van der Waals surface area contributed by atoms with Crippen molar-refractivity contribution in [3.8, 4) is 0 Å². The summed E-state index contributed by atoms with van der Waals surface area (Å²) >= 11 is 0. The van der Waals surface area contributed by atoms with Crippen molar-refractivity contribution >= 4 is 27.2 Å². The van der Waals surface area contributed by atoms with Crippen molar-refractivity contribution in [1.82, 2.24) is 24.5 Å². The number of anilines is 1. The van der Waals surface area contributed by atoms with Crippen LogP contribution in [0.4, 0.5) is 19.3 Å². The van der Waals surface area contributed by atoms with E-state index in [1.54, 1.807) is 0 Å². The van der Waals surface area contributed by atoms with E-state index in [-0.39, 0.29) is 24.3 Å². The summed E-state index contributed by atoms with van der Waals surface area (Å²) in [6, 6.07) is 1.28. The highest BCUT2D eigenvalue weighted by Gasteiger charge is 2.57. The molecule has 0 radical (unpaired) electrons. The summed E-state index contributed by atoms with van der Waals surface area (Å²) < 4.78 is 58.3. The highest BCUT2D eigenvalue weighted by atomic mass is 32.2. The first kappa shape index (κ1) is 20.1. The first-order chi connectivity index (χ1) is 14.3. The number of likely N-dealkylation sites (tertiary alicyclic amines) is 1. The minimum absolute atomic E-state index is 0.00764. The summed E-state index contributed by atoms with van der Waals surface area (Å²) in [4.78, 5) is 16.9. The molecule has 158 valence electrons. The van der Waals surface area contributed by atoms with Crippen molar-refractivity contribution in [2.75, 3.05) is 11.9 Å². The molecule has 1 N–H and O–H groups in total. The van der Waals surface area contributed by atoms with Crippen molar-refractivity contribution in [3.05, 3.63) is 49.2 Å². The number of piperidine rings is 1. The molecular formula is C18H18F2N6O3S. The molecule has 4 rings (SSSR count). The lowest BCUT2D eigenvalue weighted by Gasteiger charge is -2.39. The lowest BCUT2D eigenvalue weighted by atomic mass is 10.0. The van der Waals surface area contributed by atoms with Gasteiger partial charge in [0.15, 0.2) is 5.65 Å². The Morgan fingerprint density at radius 1 is 1.17 bits per heavy atom. The fourth-order valence-corrected chi connectivity index (χ4v) is 5.09. The highest BCUT2D eigenvalue weighted by molar-refractivity contribution is 7.92. The Morgan fingerprint density at radius 2 is 2.00 bits per heavy atom. The van der Waals surface area contributed by atoms with E-state index >= 15 is 8.78 Å². The van der Waals surface area contributed by atoms with Gasteiger partial charge in [-0.15, -0.1) is 0 Å². The number of hydrogen-bond donors (Lipinski definition) is 1. The van der Waals surface area contributed by atoms with E-state index in [0.29, 0.717) is 12.8 Å². The molecule has 3 aromatic heterocycles. The number of nitrogens with zero attached hydrogens (tertiary/aromatic N) is 5. The summed E-state index contributed by atoms with van der Waals surface area (Å²) in [6.07, 6.45) is 7.65. The summed E-state index contributed by atoms with van der Waals surface area (Å²) in [6.45, 7) is 0.00764. The monoisotopic (exact) mass is 436 g/mol. The predicted molar refractivity (Wildman–Crippen MR) is 103 cm³/mol. The van der Waals surface area contributed by atoms with Crippen LogP contribution in [0.5, 0.6) is 0 Å². The number of aromatic nitrogens is 4. The third-order valence-corrected chi connectivity index (χ3v) is 6.90. The SMILES string of the molecule is O=C(Nc1ccnnc1)N1CCCCC1C(F)(F)S(=O)(=O)c1cccn2ccnc12. The van der Waals surface area contributed by atoms with Gasteiger partial charge in [-0.05, 0) is 37.5 Å². The zero-order valence-corrected chi connectivity index (χ0v) is 16.5. The normalized spacial score (nSPS) is 17.8. The number of nitrogens with one attached hydrogen (secondary N) is 1. The number of sulfone groups is 1. The number of halogens is 2. The number of imidazole rings is 1. The first-order valence-electron chi connectivity index (χ1n) is 9.21. The third-order valence-electron chi connectivity index (χ3n) is 5.02. The molecule has 1 aliphatic rings. The van der Waals surface area contributed by atoms with Crippen LogP contribution in [0.3, 0.4) is 0 Å². The van der Waals surface area contributed by atoms with E-state index in [1.807, 2.05) is 0 Å². The number of rotatable bonds is 4. The quantitative estimate of drug-likeness (QED) is 0.673. The van der Waals surface area contributed by atoms with Gasteiger partial charge in [0, 0.05) is 25.1 Å². The number of amides is 2. The van der Waals surface area contributed by atoms with Crippen LogP contribution in [-0.4, -0.2) is 56.8 Å². The molecule has 3 aromatic rings. The Morgan fingerprint density at radius 3 is 2.77 bits per heavy atom. The van der Waals surface area contributed by atoms with Gasteiger partial charge in [0.1, 0.15) is 10.9 Å². The zero-order valence-electron chi connectivity index (χ0n) is 15.6. The van der Waals surface area contributed by atoms with Gasteiger partial charge in [0.25, 0.3) is 0 Å². The molecular weight excluding hydrogens is 418 g/mol. The summed E-state index contributed by atoms with van der Waals surface area (Å²) in [5.41, 5.74) is 0.180. The van der Waals surface area contributed by atoms with Gasteiger partial charge in [-0.2, -0.15) is 19.0 Å². The summed E-state index contributed by atoms with van der Waals surface area (Å²) in [5, 5.41) is 5.46. The second kappa shape index (κ2) is 7.59. The third kappa shape index (κ3) is 3.36. The smallest absolute Gasteiger partial charge is 0.314 e. The van der Waals surface area contributed by atoms with Crippen LogP contribution >= 0.6 is 0 Å². The molecule has 9 nitrogen and oxygen atoms in total. The molecule has 0 aromatic carbocycles. The van der Waals surface area contributed by atoms with Crippen molar-refractivity contribution in [2.24, 2.45) is 0 Å². The maximum absolute atomic E-state index is 15.5. The number of hydrogen-bond acceptors (Lipinski definition) is 6. The molecule has 1 fully saturated rings. The molecule has 12 heteroatoms. The van der Waals surface area contributed by atoms with Gasteiger partial charge in [-0.25, -0.2) is 18.2 Å². The number of fused-ring (bicyclic) bond motifs is 1. The largest absolute Gasteiger partial charge is 0.369 e. The minimum atomic E-state index is -5.13. The van der Waals surface area contributed by atoms with Crippen LogP contribution in [0.1, 0.15) is 19.3 Å². The van der Waals surface area contributed by atoms with Gasteiger partial charge in [0.05, 0.1) is 18.1 Å². The van der Waals surface area contributed by atoms with Crippen LogP contribution in [0.25, 0.3) is 5.65 Å². The Labute approximate surface area is 170 Å². The van der Waals surface area contributed by atoms with Crippen molar-refractivity contribution < 1.29 is 22.0 Å². The lowest BCUT2D eigenvalue weighted by molar-refractivity contribution is -0.0108. The molecule has 1 saturated heterocycles. The Kier molecular flexibility index (Phi) is 5.10. The molecule has 1 unspecified atom stereocenters. The molecule has 30 heavy (non-hydrogen) atoms. The Bertz CT molecular complexity index is 1170. The van der Waals surface area contributed by atoms with Crippen LogP contribution in [0, 0.1) is 0 Å². The van der Waals surface area contributed by atoms with E-state index in [2.05, 4.69) is 20.5 Å². The maximum atomic E-state index is 15.5. The number of carbonyl (C=O) groups is 1. The number of carbonyl (C=O) groups excluding carboxylic acids is 1. The molecule has 0 saturated carbocycles. The average Bonchev–Trinajstić information content (AvgIpc) is 3.23. The van der Waals surface area contributed by atoms with E-state index in [0.717, 1.165) is 11.0 Å². The fourth-order valence-electron chi connectivity index (χ4n) is 3.54. The second-order valence-electron chi connectivity index (χ2n) is 6.86. The van der Waals surface area contributed by atoms with Crippen LogP contribution in [0.15, 0.2) is 54.1 Å². The molecule has 1 aliphatic heterocycles. The van der Waals surface area contributed by atoms with Crippen molar-refractivity contribution in [1.29, 1.82) is 0 Å². The molecule has 0 bridgehead atoms. The van der Waals surface area contributed by atoms with Crippen LogP contribution in [-0.2, 0) is 9.84 Å². The standard InChI is InChI=1S/C18H18F2N6O3S/c19-18(20,30(28,29)14-4-3-9-25-11-8-21-16(14)25)15-5-1-2-10-26(15)17(27)24-13-6-7-22-23-12-13/h3-4,6-9,11-12,15H,1-2,5,10H2,(H,22,24,27). The second-order valence-corrected chi connectivity index (χ2v) is 8.85. The van der Waals surface area contributed by atoms with Crippen molar-refractivity contribution in [2.45, 2.75) is 35.5 Å². The van der Waals surface area contributed by atoms with Gasteiger partial charge in [-0.3, -0.25) is 0 Å². The summed E-state index contributed by atoms with van der Waals surface area (Å²) in [7, 11) is -5.13. The number of urea groups is 1. The van der Waals surface area contributed by atoms with Crippen LogP contribution in [0.2, 0.25) is 0 Å². The zero-order chi connectivity index (χ0) is 21.4. The average molecular weight is 436 g/mol. The van der Waals surface area contributed by atoms with E-state index in [4.69, 9.17) is 0 Å². The molecule has 0 spiro atoms. The fraction of sp³-hybridized carbons (Fsp3) is 0.333. The van der Waals surface area contributed by atoms with Crippen LogP contribution < -0.4 is 5.32 Å². The molecule has 1 atom stereocenters. The van der Waals surface area contributed by atoms with E-state index in [9.17, 15) is 13.2 Å². The number of pyridine rings is 1. The molecule has 2 amide bonds. The lowest BCUT2D eigenvalue weighted by Crippen LogP contribution is -2.57. The Hall–Kier alpha value is -3.15. The Balaban J connectivity index is 1.68. The summed E-state index contributed by atoms with van der Waals surface area (Å²) in [5.74, 6) is 0. The molecule has 4 heterocycles. The predicted octanol–water partition coefficient (Wildman–Crippen LogP) is 2.58. The highest BCUT2D eigenvalue weighted by Crippen LogP contribution is 2.39. The number of alkyl halides is 2.